The molecular weight excluding hydrogens is 164 g/mol. The summed E-state index contributed by atoms with van der Waals surface area (Å²) >= 11 is 0. The zero-order valence-electron chi connectivity index (χ0n) is 6.88. The third kappa shape index (κ3) is 1.49. The van der Waals surface area contributed by atoms with E-state index in [2.05, 4.69) is 10.1 Å². The lowest BCUT2D eigenvalue weighted by Crippen LogP contribution is -1.75. The van der Waals surface area contributed by atoms with Gasteiger partial charge in [-0.2, -0.15) is 0 Å². The average molecular weight is 172 g/mol. The fourth-order valence-electron chi connectivity index (χ4n) is 1.24. The van der Waals surface area contributed by atoms with Crippen molar-refractivity contribution in [3.8, 4) is 11.3 Å². The van der Waals surface area contributed by atoms with Crippen LogP contribution in [0.4, 0.5) is 0 Å². The summed E-state index contributed by atoms with van der Waals surface area (Å²) in [5.74, 6) is 0. The maximum atomic E-state index is 8.38. The summed E-state index contributed by atoms with van der Waals surface area (Å²) < 4.78 is 0. The minimum Gasteiger partial charge on any atom is -0.411 e. The first-order chi connectivity index (χ1) is 6.40. The van der Waals surface area contributed by atoms with Crippen LogP contribution in [0, 0.1) is 0 Å². The Morgan fingerprint density at radius 2 is 2.23 bits per heavy atom. The summed E-state index contributed by atoms with van der Waals surface area (Å²) in [6.07, 6.45) is 3.15. The predicted molar refractivity (Wildman–Crippen MR) is 50.2 cm³/mol. The standard InChI is InChI=1S/C10H8N2O/c13-12-7-8-2-1-3-10-9(6-8)4-5-11-10/h1-7,13H/b12-7-. The van der Waals surface area contributed by atoms with Crippen LogP contribution >= 0.6 is 0 Å². The molecule has 2 rings (SSSR count). The second-order valence-electron chi connectivity index (χ2n) is 2.70. The largest absolute Gasteiger partial charge is 0.411 e. The van der Waals surface area contributed by atoms with E-state index in [1.165, 1.54) is 6.21 Å². The Balaban J connectivity index is 2.57. The Labute approximate surface area is 75.7 Å². The van der Waals surface area contributed by atoms with E-state index < -0.39 is 0 Å². The molecule has 0 unspecified atom stereocenters. The van der Waals surface area contributed by atoms with Crippen LogP contribution in [0.15, 0.2) is 41.7 Å². The molecular formula is C10H8N2O. The predicted octanol–water partition coefficient (Wildman–Crippen LogP) is 1.99. The number of hydrogen-bond donors (Lipinski definition) is 1. The van der Waals surface area contributed by atoms with Gasteiger partial charge in [-0.25, -0.2) is 0 Å². The van der Waals surface area contributed by atoms with E-state index in [-0.39, 0.29) is 0 Å². The highest BCUT2D eigenvalue weighted by Gasteiger charge is 2.00. The van der Waals surface area contributed by atoms with Crippen molar-refractivity contribution >= 4 is 6.21 Å². The maximum absolute atomic E-state index is 8.38. The van der Waals surface area contributed by atoms with Gasteiger partial charge in [-0.05, 0) is 23.8 Å². The van der Waals surface area contributed by atoms with E-state index in [0.29, 0.717) is 0 Å². The van der Waals surface area contributed by atoms with E-state index in [1.807, 2.05) is 30.3 Å². The lowest BCUT2D eigenvalue weighted by atomic mass is 10.2. The minimum absolute atomic E-state index is 0.852. The number of oxime groups is 1. The van der Waals surface area contributed by atoms with Gasteiger partial charge < -0.3 is 5.21 Å². The SMILES string of the molecule is O/N=C\c1cccc2nccc-2c1. The number of fused-ring (bicyclic) bond motifs is 1. The zero-order valence-corrected chi connectivity index (χ0v) is 6.88. The highest BCUT2D eigenvalue weighted by atomic mass is 16.4. The summed E-state index contributed by atoms with van der Waals surface area (Å²) in [5, 5.41) is 11.4. The molecule has 3 nitrogen and oxygen atoms in total. The summed E-state index contributed by atoms with van der Waals surface area (Å²) in [6, 6.07) is 9.50. The van der Waals surface area contributed by atoms with Crippen LogP contribution in [-0.2, 0) is 0 Å². The number of nitrogens with zero attached hydrogens (tertiary/aromatic N) is 2. The van der Waals surface area contributed by atoms with E-state index in [1.54, 1.807) is 6.20 Å². The van der Waals surface area contributed by atoms with Gasteiger partial charge in [0.2, 0.25) is 0 Å². The molecule has 0 bridgehead atoms. The quantitative estimate of drug-likeness (QED) is 0.406. The molecule has 0 saturated heterocycles. The molecule has 0 aromatic carbocycles. The molecule has 0 amide bonds. The van der Waals surface area contributed by atoms with Crippen molar-refractivity contribution in [2.75, 3.05) is 0 Å². The minimum atomic E-state index is 0.852. The lowest BCUT2D eigenvalue weighted by molar-refractivity contribution is 0.322. The van der Waals surface area contributed by atoms with E-state index >= 15 is 0 Å². The molecule has 0 fully saturated rings. The van der Waals surface area contributed by atoms with Crippen molar-refractivity contribution in [1.82, 2.24) is 4.98 Å². The smallest absolute Gasteiger partial charge is 0.0734 e. The first-order valence-electron chi connectivity index (χ1n) is 3.92. The van der Waals surface area contributed by atoms with E-state index in [4.69, 9.17) is 5.21 Å². The van der Waals surface area contributed by atoms with Gasteiger partial charge in [0.05, 0.1) is 11.9 Å². The van der Waals surface area contributed by atoms with Gasteiger partial charge in [-0.1, -0.05) is 17.3 Å². The van der Waals surface area contributed by atoms with E-state index in [0.717, 1.165) is 16.8 Å². The second-order valence-corrected chi connectivity index (χ2v) is 2.70. The van der Waals surface area contributed by atoms with Gasteiger partial charge in [0, 0.05) is 11.8 Å². The van der Waals surface area contributed by atoms with Crippen LogP contribution in [0.25, 0.3) is 11.3 Å². The summed E-state index contributed by atoms with van der Waals surface area (Å²) in [6.45, 7) is 0. The van der Waals surface area contributed by atoms with Gasteiger partial charge >= 0.3 is 0 Å². The van der Waals surface area contributed by atoms with Gasteiger partial charge in [0.1, 0.15) is 0 Å². The van der Waals surface area contributed by atoms with Crippen molar-refractivity contribution in [2.45, 2.75) is 0 Å². The Kier molecular flexibility index (Phi) is 1.92. The topological polar surface area (TPSA) is 45.5 Å². The summed E-state index contributed by atoms with van der Waals surface area (Å²) in [4.78, 5) is 4.15. The molecule has 1 heterocycles. The van der Waals surface area contributed by atoms with E-state index in [9.17, 15) is 0 Å². The Bertz CT molecular complexity index is 412. The highest BCUT2D eigenvalue weighted by Crippen LogP contribution is 2.18. The fourth-order valence-corrected chi connectivity index (χ4v) is 1.24. The molecule has 0 radical (unpaired) electrons. The van der Waals surface area contributed by atoms with Crippen molar-refractivity contribution in [3.63, 3.8) is 0 Å². The zero-order chi connectivity index (χ0) is 9.10. The van der Waals surface area contributed by atoms with Gasteiger partial charge in [0.25, 0.3) is 0 Å². The van der Waals surface area contributed by atoms with Crippen LogP contribution in [-0.4, -0.2) is 16.4 Å². The van der Waals surface area contributed by atoms with Crippen molar-refractivity contribution in [2.24, 2.45) is 5.16 Å². The summed E-state index contributed by atoms with van der Waals surface area (Å²) in [7, 11) is 0. The van der Waals surface area contributed by atoms with Crippen LogP contribution in [0.2, 0.25) is 0 Å². The Morgan fingerprint density at radius 3 is 3.08 bits per heavy atom. The highest BCUT2D eigenvalue weighted by molar-refractivity contribution is 5.81. The lowest BCUT2D eigenvalue weighted by Gasteiger charge is -1.87. The molecule has 2 aliphatic rings. The maximum Gasteiger partial charge on any atom is 0.0734 e. The Hall–Kier alpha value is -1.90. The third-order valence-corrected chi connectivity index (χ3v) is 1.84. The van der Waals surface area contributed by atoms with Crippen molar-refractivity contribution < 1.29 is 5.21 Å². The van der Waals surface area contributed by atoms with Gasteiger partial charge in [0.15, 0.2) is 0 Å². The first kappa shape index (κ1) is 7.73. The second kappa shape index (κ2) is 3.23. The van der Waals surface area contributed by atoms with Gasteiger partial charge in [-0.15, -0.1) is 0 Å². The molecule has 13 heavy (non-hydrogen) atoms. The fraction of sp³-hybridized carbons (Fsp3) is 0. The number of aromatic nitrogens is 1. The first-order valence-corrected chi connectivity index (χ1v) is 3.92. The molecule has 0 saturated carbocycles. The van der Waals surface area contributed by atoms with Crippen molar-refractivity contribution in [3.05, 3.63) is 42.1 Å². The normalized spacial score (nSPS) is 11.1. The monoisotopic (exact) mass is 172 g/mol. The summed E-state index contributed by atoms with van der Waals surface area (Å²) in [5.41, 5.74) is 2.84. The third-order valence-electron chi connectivity index (χ3n) is 1.84. The van der Waals surface area contributed by atoms with Crippen molar-refractivity contribution in [1.29, 1.82) is 0 Å². The van der Waals surface area contributed by atoms with Crippen LogP contribution in [0.3, 0.4) is 0 Å². The molecule has 1 N–H and O–H groups in total. The molecule has 0 aromatic heterocycles. The molecule has 1 aliphatic heterocycles. The van der Waals surface area contributed by atoms with Crippen LogP contribution < -0.4 is 0 Å². The molecule has 0 aromatic rings. The Morgan fingerprint density at radius 1 is 1.31 bits per heavy atom. The van der Waals surface area contributed by atoms with Gasteiger partial charge in [-0.3, -0.25) is 4.98 Å². The molecule has 64 valence electrons. The molecule has 1 aliphatic carbocycles. The number of hydrogen-bond acceptors (Lipinski definition) is 3. The molecule has 0 atom stereocenters. The average Bonchev–Trinajstić information content (AvgIpc) is 2.46. The molecule has 3 heteroatoms. The number of rotatable bonds is 1. The van der Waals surface area contributed by atoms with Crippen LogP contribution in [0.1, 0.15) is 5.56 Å². The molecule has 0 spiro atoms. The van der Waals surface area contributed by atoms with Crippen LogP contribution in [0.5, 0.6) is 0 Å².